The molecule has 0 radical (unpaired) electrons. The van der Waals surface area contributed by atoms with Crippen LogP contribution in [-0.2, 0) is 24.2 Å². The monoisotopic (exact) mass is 496 g/mol. The van der Waals surface area contributed by atoms with Crippen LogP contribution in [0.1, 0.15) is 17.0 Å². The van der Waals surface area contributed by atoms with Crippen LogP contribution in [0, 0.1) is 0 Å². The third kappa shape index (κ3) is 4.55. The quantitative estimate of drug-likeness (QED) is 0.565. The van der Waals surface area contributed by atoms with E-state index < -0.39 is 0 Å². The molecule has 1 aromatic heterocycles. The van der Waals surface area contributed by atoms with Gasteiger partial charge in [0.25, 0.3) is 0 Å². The molecule has 0 unspecified atom stereocenters. The molecular formula is C23H25BrN6O2. The third-order valence-corrected chi connectivity index (χ3v) is 6.58. The number of carbonyl (C=O) groups excluding carboxylic acids is 1. The molecule has 0 saturated carbocycles. The Balaban J connectivity index is 1.14. The fourth-order valence-electron chi connectivity index (χ4n) is 4.48. The molecule has 2 aromatic carbocycles. The maximum Gasteiger partial charge on any atom is 0.347 e. The Morgan fingerprint density at radius 2 is 1.88 bits per heavy atom. The minimum absolute atomic E-state index is 0.0117. The number of nitrogens with zero attached hydrogens (tertiary/aromatic N) is 4. The van der Waals surface area contributed by atoms with Gasteiger partial charge in [0.15, 0.2) is 0 Å². The molecule has 3 heterocycles. The molecule has 1 fully saturated rings. The van der Waals surface area contributed by atoms with Crippen molar-refractivity contribution in [3.63, 3.8) is 0 Å². The topological polar surface area (TPSA) is 86.3 Å². The lowest BCUT2D eigenvalue weighted by Gasteiger charge is -2.34. The fourth-order valence-corrected chi connectivity index (χ4v) is 4.92. The van der Waals surface area contributed by atoms with Crippen molar-refractivity contribution in [2.45, 2.75) is 19.4 Å². The number of piperazine rings is 1. The minimum Gasteiger partial charge on any atom is -0.325 e. The summed E-state index contributed by atoms with van der Waals surface area (Å²) in [6.07, 6.45) is 1.50. The zero-order valence-corrected chi connectivity index (χ0v) is 19.3. The van der Waals surface area contributed by atoms with Crippen molar-refractivity contribution >= 4 is 27.5 Å². The van der Waals surface area contributed by atoms with Gasteiger partial charge in [-0.05, 0) is 47.9 Å². The number of fused-ring (bicyclic) bond motifs is 3. The number of halogens is 1. The Morgan fingerprint density at radius 3 is 2.69 bits per heavy atom. The van der Waals surface area contributed by atoms with Gasteiger partial charge >= 0.3 is 5.69 Å². The number of aromatic nitrogens is 3. The van der Waals surface area contributed by atoms with Crippen molar-refractivity contribution in [3.05, 3.63) is 74.4 Å². The summed E-state index contributed by atoms with van der Waals surface area (Å²) in [5.74, 6) is 0.737. The van der Waals surface area contributed by atoms with Crippen molar-refractivity contribution in [1.29, 1.82) is 0 Å². The van der Waals surface area contributed by atoms with Crippen LogP contribution < -0.4 is 11.0 Å². The normalized spacial score (nSPS) is 16.4. The molecule has 2 aliphatic rings. The Morgan fingerprint density at radius 1 is 1.06 bits per heavy atom. The highest BCUT2D eigenvalue weighted by molar-refractivity contribution is 9.10. The third-order valence-electron chi connectivity index (χ3n) is 6.09. The zero-order valence-electron chi connectivity index (χ0n) is 17.7. The molecule has 9 heteroatoms. The summed E-state index contributed by atoms with van der Waals surface area (Å²) in [6, 6.07) is 14.1. The molecule has 8 nitrogen and oxygen atoms in total. The predicted octanol–water partition coefficient (Wildman–Crippen LogP) is 2.18. The number of aromatic amines is 1. The molecular weight excluding hydrogens is 472 g/mol. The number of nitrogens with one attached hydrogen (secondary N) is 2. The Hall–Kier alpha value is -2.75. The summed E-state index contributed by atoms with van der Waals surface area (Å²) in [7, 11) is 0. The van der Waals surface area contributed by atoms with E-state index in [1.807, 2.05) is 24.3 Å². The highest BCUT2D eigenvalue weighted by atomic mass is 79.9. The van der Waals surface area contributed by atoms with Crippen LogP contribution in [-0.4, -0.2) is 63.2 Å². The predicted molar refractivity (Wildman–Crippen MR) is 126 cm³/mol. The van der Waals surface area contributed by atoms with E-state index in [1.165, 1.54) is 5.56 Å². The van der Waals surface area contributed by atoms with Gasteiger partial charge in [-0.1, -0.05) is 28.1 Å². The summed E-state index contributed by atoms with van der Waals surface area (Å²) in [6.45, 7) is 4.94. The van der Waals surface area contributed by atoms with Crippen LogP contribution >= 0.6 is 15.9 Å². The largest absolute Gasteiger partial charge is 0.347 e. The van der Waals surface area contributed by atoms with Crippen LogP contribution in [0.3, 0.4) is 0 Å². The van der Waals surface area contributed by atoms with Gasteiger partial charge in [0.1, 0.15) is 5.82 Å². The zero-order chi connectivity index (χ0) is 22.1. The average molecular weight is 497 g/mol. The van der Waals surface area contributed by atoms with Gasteiger partial charge in [-0.25, -0.2) is 14.5 Å². The van der Waals surface area contributed by atoms with Crippen LogP contribution in [0.5, 0.6) is 0 Å². The minimum atomic E-state index is -0.225. The molecule has 2 aliphatic heterocycles. The number of anilines is 1. The Bertz CT molecular complexity index is 1200. The SMILES string of the molecule is O=C(CN1CCN(Cc2cccc(Br)c2)CC1)Nc1ccc2c(c1)CCc1n[nH]c(=O)n1-2. The standard InChI is InChI=1S/C23H25BrN6O2/c24-18-3-1-2-16(12-18)14-28-8-10-29(11-9-28)15-22(31)25-19-5-6-20-17(13-19)4-7-21-26-27-23(32)30(20)21/h1-3,5-6,12-13H,4,7-11,14-15H2,(H,25,31)(H,27,32). The Labute approximate surface area is 194 Å². The number of H-pyrrole nitrogens is 1. The van der Waals surface area contributed by atoms with Gasteiger partial charge in [-0.2, -0.15) is 5.10 Å². The van der Waals surface area contributed by atoms with Crippen molar-refractivity contribution < 1.29 is 4.79 Å². The van der Waals surface area contributed by atoms with E-state index in [9.17, 15) is 9.59 Å². The first-order chi connectivity index (χ1) is 15.5. The van der Waals surface area contributed by atoms with Crippen molar-refractivity contribution in [2.75, 3.05) is 38.0 Å². The van der Waals surface area contributed by atoms with Gasteiger partial charge in [0, 0.05) is 49.3 Å². The smallest absolute Gasteiger partial charge is 0.325 e. The summed E-state index contributed by atoms with van der Waals surface area (Å²) >= 11 is 3.53. The molecule has 1 saturated heterocycles. The molecule has 1 amide bonds. The number of benzene rings is 2. The molecule has 2 N–H and O–H groups in total. The molecule has 0 atom stereocenters. The second-order valence-electron chi connectivity index (χ2n) is 8.35. The van der Waals surface area contributed by atoms with Crippen LogP contribution in [0.15, 0.2) is 51.7 Å². The van der Waals surface area contributed by atoms with E-state index in [1.54, 1.807) is 4.57 Å². The van der Waals surface area contributed by atoms with Crippen LogP contribution in [0.2, 0.25) is 0 Å². The van der Waals surface area contributed by atoms with Gasteiger partial charge in [0.05, 0.1) is 12.2 Å². The highest BCUT2D eigenvalue weighted by Crippen LogP contribution is 2.25. The van der Waals surface area contributed by atoms with Gasteiger partial charge < -0.3 is 5.32 Å². The number of hydrogen-bond acceptors (Lipinski definition) is 5. The second-order valence-corrected chi connectivity index (χ2v) is 9.27. The first-order valence-corrected chi connectivity index (χ1v) is 11.6. The second kappa shape index (κ2) is 9.01. The summed E-state index contributed by atoms with van der Waals surface area (Å²) in [4.78, 5) is 29.3. The van der Waals surface area contributed by atoms with Crippen molar-refractivity contribution in [3.8, 4) is 5.69 Å². The number of carbonyl (C=O) groups is 1. The van der Waals surface area contributed by atoms with Crippen LogP contribution in [0.25, 0.3) is 5.69 Å². The lowest BCUT2D eigenvalue weighted by atomic mass is 10.0. The molecule has 32 heavy (non-hydrogen) atoms. The maximum absolute atomic E-state index is 12.6. The van der Waals surface area contributed by atoms with Crippen LogP contribution in [0.4, 0.5) is 5.69 Å². The number of rotatable bonds is 5. The van der Waals surface area contributed by atoms with Gasteiger partial charge in [-0.3, -0.25) is 14.6 Å². The number of amides is 1. The summed E-state index contributed by atoms with van der Waals surface area (Å²) in [5, 5.41) is 9.59. The molecule has 0 aliphatic carbocycles. The fraction of sp³-hybridized carbons (Fsp3) is 0.348. The van der Waals surface area contributed by atoms with Gasteiger partial charge in [0.2, 0.25) is 5.91 Å². The van der Waals surface area contributed by atoms with E-state index in [2.05, 4.69) is 59.4 Å². The summed E-state index contributed by atoms with van der Waals surface area (Å²) < 4.78 is 2.71. The molecule has 0 spiro atoms. The van der Waals surface area contributed by atoms with Gasteiger partial charge in [-0.15, -0.1) is 0 Å². The summed E-state index contributed by atoms with van der Waals surface area (Å²) in [5.41, 5.74) is 3.71. The van der Waals surface area contributed by atoms with E-state index in [-0.39, 0.29) is 11.6 Å². The lowest BCUT2D eigenvalue weighted by Crippen LogP contribution is -2.48. The molecule has 0 bridgehead atoms. The van der Waals surface area contributed by atoms with E-state index in [0.29, 0.717) is 13.0 Å². The molecule has 5 rings (SSSR count). The van der Waals surface area contributed by atoms with Crippen molar-refractivity contribution in [1.82, 2.24) is 24.6 Å². The van der Waals surface area contributed by atoms with E-state index in [4.69, 9.17) is 0 Å². The first-order valence-electron chi connectivity index (χ1n) is 10.8. The molecule has 3 aromatic rings. The first kappa shape index (κ1) is 21.1. The van der Waals surface area contributed by atoms with Crippen molar-refractivity contribution in [2.24, 2.45) is 0 Å². The molecule has 166 valence electrons. The number of hydrogen-bond donors (Lipinski definition) is 2. The lowest BCUT2D eigenvalue weighted by molar-refractivity contribution is -0.117. The van der Waals surface area contributed by atoms with E-state index in [0.717, 1.165) is 66.4 Å². The average Bonchev–Trinajstić information content (AvgIpc) is 3.16. The Kier molecular flexibility index (Phi) is 5.95. The number of aryl methyl sites for hydroxylation is 2. The maximum atomic E-state index is 12.6. The van der Waals surface area contributed by atoms with E-state index >= 15 is 0 Å². The highest BCUT2D eigenvalue weighted by Gasteiger charge is 2.21.